The summed E-state index contributed by atoms with van der Waals surface area (Å²) in [5, 5.41) is 5.27. The van der Waals surface area contributed by atoms with Crippen LogP contribution in [0.4, 0.5) is 10.7 Å². The molecule has 18 heavy (non-hydrogen) atoms. The van der Waals surface area contributed by atoms with Crippen LogP contribution in [0.15, 0.2) is 22.8 Å². The fourth-order valence-electron chi connectivity index (χ4n) is 1.92. The second kappa shape index (κ2) is 6.09. The van der Waals surface area contributed by atoms with E-state index < -0.39 is 0 Å². The van der Waals surface area contributed by atoms with E-state index in [0.29, 0.717) is 25.4 Å². The summed E-state index contributed by atoms with van der Waals surface area (Å²) in [7, 11) is 0. The maximum Gasteiger partial charge on any atom is 0.321 e. The normalized spacial score (nSPS) is 14.9. The molecule has 2 heterocycles. The number of hydrogen-bond acceptors (Lipinski definition) is 3. The van der Waals surface area contributed by atoms with Gasteiger partial charge in [0.1, 0.15) is 0 Å². The predicted molar refractivity (Wildman–Crippen MR) is 66.2 cm³/mol. The third kappa shape index (κ3) is 3.51. The lowest BCUT2D eigenvalue weighted by molar-refractivity contribution is -0.127. The Balaban J connectivity index is 1.57. The molecule has 0 spiro atoms. The van der Waals surface area contributed by atoms with Crippen molar-refractivity contribution in [3.8, 4) is 0 Å². The molecule has 2 rings (SSSR count). The van der Waals surface area contributed by atoms with Crippen LogP contribution in [0.3, 0.4) is 0 Å². The Hall–Kier alpha value is -1.98. The first-order chi connectivity index (χ1) is 8.75. The lowest BCUT2D eigenvalue weighted by atomic mass is 10.4. The number of likely N-dealkylation sites (tertiary alicyclic amines) is 1. The number of furan rings is 1. The third-order valence-electron chi connectivity index (χ3n) is 2.82. The summed E-state index contributed by atoms with van der Waals surface area (Å²) in [4.78, 5) is 24.6. The lowest BCUT2D eigenvalue weighted by Crippen LogP contribution is -2.32. The molecule has 0 radical (unpaired) electrons. The molecule has 1 aliphatic heterocycles. The standard InChI is InChI=1S/C12H17N3O3/c16-11-5-1-7-15(11)8-3-6-13-12(17)14-10-4-2-9-18-10/h2,4,9H,1,3,5-8H2,(H2,13,14,17). The van der Waals surface area contributed by atoms with E-state index in [0.717, 1.165) is 19.4 Å². The van der Waals surface area contributed by atoms with E-state index >= 15 is 0 Å². The monoisotopic (exact) mass is 251 g/mol. The van der Waals surface area contributed by atoms with Gasteiger partial charge in [-0.15, -0.1) is 0 Å². The molecular formula is C12H17N3O3. The van der Waals surface area contributed by atoms with Gasteiger partial charge >= 0.3 is 6.03 Å². The minimum Gasteiger partial charge on any atom is -0.449 e. The van der Waals surface area contributed by atoms with E-state index in [1.807, 2.05) is 4.90 Å². The van der Waals surface area contributed by atoms with Crippen LogP contribution in [-0.2, 0) is 4.79 Å². The number of urea groups is 1. The molecule has 1 aliphatic rings. The molecule has 2 N–H and O–H groups in total. The van der Waals surface area contributed by atoms with Gasteiger partial charge < -0.3 is 14.6 Å². The van der Waals surface area contributed by atoms with Crippen LogP contribution in [0, 0.1) is 0 Å². The number of rotatable bonds is 5. The molecule has 98 valence electrons. The van der Waals surface area contributed by atoms with Crippen molar-refractivity contribution in [3.63, 3.8) is 0 Å². The Labute approximate surface area is 105 Å². The zero-order valence-electron chi connectivity index (χ0n) is 10.1. The van der Waals surface area contributed by atoms with Crippen molar-refractivity contribution in [2.24, 2.45) is 0 Å². The molecule has 6 heteroatoms. The van der Waals surface area contributed by atoms with E-state index in [2.05, 4.69) is 10.6 Å². The average Bonchev–Trinajstić information content (AvgIpc) is 2.97. The van der Waals surface area contributed by atoms with E-state index in [1.54, 1.807) is 12.1 Å². The molecule has 3 amide bonds. The maximum absolute atomic E-state index is 11.4. The zero-order chi connectivity index (χ0) is 12.8. The third-order valence-corrected chi connectivity index (χ3v) is 2.82. The maximum atomic E-state index is 11.4. The molecule has 1 fully saturated rings. The summed E-state index contributed by atoms with van der Waals surface area (Å²) in [5.74, 6) is 0.636. The number of nitrogens with one attached hydrogen (secondary N) is 2. The van der Waals surface area contributed by atoms with Gasteiger partial charge in [-0.2, -0.15) is 0 Å². The quantitative estimate of drug-likeness (QED) is 0.777. The van der Waals surface area contributed by atoms with Gasteiger partial charge in [-0.1, -0.05) is 0 Å². The predicted octanol–water partition coefficient (Wildman–Crippen LogP) is 1.41. The van der Waals surface area contributed by atoms with Crippen LogP contribution in [0.1, 0.15) is 19.3 Å². The Morgan fingerprint density at radius 2 is 2.39 bits per heavy atom. The summed E-state index contributed by atoms with van der Waals surface area (Å²) >= 11 is 0. The average molecular weight is 251 g/mol. The number of amides is 3. The minimum absolute atomic E-state index is 0.218. The number of hydrogen-bond donors (Lipinski definition) is 2. The van der Waals surface area contributed by atoms with Crippen molar-refractivity contribution >= 4 is 17.8 Å². The molecule has 0 unspecified atom stereocenters. The molecule has 0 bridgehead atoms. The Morgan fingerprint density at radius 3 is 3.06 bits per heavy atom. The summed E-state index contributed by atoms with van der Waals surface area (Å²) < 4.78 is 4.98. The van der Waals surface area contributed by atoms with E-state index in [9.17, 15) is 9.59 Å². The molecule has 0 atom stereocenters. The Kier molecular flexibility index (Phi) is 4.22. The molecule has 0 aromatic carbocycles. The molecule has 1 aromatic rings. The zero-order valence-corrected chi connectivity index (χ0v) is 10.1. The molecular weight excluding hydrogens is 234 g/mol. The molecule has 6 nitrogen and oxygen atoms in total. The summed E-state index contributed by atoms with van der Waals surface area (Å²) in [6.07, 6.45) is 3.86. The second-order valence-electron chi connectivity index (χ2n) is 4.20. The Bertz CT molecular complexity index is 403. The van der Waals surface area contributed by atoms with Crippen LogP contribution in [0.2, 0.25) is 0 Å². The molecule has 0 aliphatic carbocycles. The smallest absolute Gasteiger partial charge is 0.321 e. The van der Waals surface area contributed by atoms with Gasteiger partial charge in [0.25, 0.3) is 0 Å². The first-order valence-corrected chi connectivity index (χ1v) is 6.12. The largest absolute Gasteiger partial charge is 0.449 e. The van der Waals surface area contributed by atoms with Crippen molar-refractivity contribution in [1.82, 2.24) is 10.2 Å². The number of anilines is 1. The van der Waals surface area contributed by atoms with Gasteiger partial charge in [-0.05, 0) is 18.9 Å². The van der Waals surface area contributed by atoms with Gasteiger partial charge in [-0.25, -0.2) is 4.79 Å². The van der Waals surface area contributed by atoms with Crippen molar-refractivity contribution < 1.29 is 14.0 Å². The van der Waals surface area contributed by atoms with Crippen molar-refractivity contribution in [2.45, 2.75) is 19.3 Å². The number of carbonyl (C=O) groups is 2. The summed E-state index contributed by atoms with van der Waals surface area (Å²) in [6.45, 7) is 2.09. The van der Waals surface area contributed by atoms with E-state index in [-0.39, 0.29) is 11.9 Å². The van der Waals surface area contributed by atoms with Crippen molar-refractivity contribution in [1.29, 1.82) is 0 Å². The highest BCUT2D eigenvalue weighted by atomic mass is 16.3. The second-order valence-corrected chi connectivity index (χ2v) is 4.20. The van der Waals surface area contributed by atoms with Crippen LogP contribution < -0.4 is 10.6 Å². The fraction of sp³-hybridized carbons (Fsp3) is 0.500. The topological polar surface area (TPSA) is 74.6 Å². The Morgan fingerprint density at radius 1 is 1.50 bits per heavy atom. The highest BCUT2D eigenvalue weighted by Gasteiger charge is 2.18. The van der Waals surface area contributed by atoms with E-state index in [1.165, 1.54) is 6.26 Å². The molecule has 1 saturated heterocycles. The first-order valence-electron chi connectivity index (χ1n) is 6.12. The molecule has 0 saturated carbocycles. The van der Waals surface area contributed by atoms with E-state index in [4.69, 9.17) is 4.42 Å². The molecule has 1 aromatic heterocycles. The van der Waals surface area contributed by atoms with Gasteiger partial charge in [-0.3, -0.25) is 10.1 Å². The van der Waals surface area contributed by atoms with Crippen LogP contribution >= 0.6 is 0 Å². The minimum atomic E-state index is -0.294. The summed E-state index contributed by atoms with van der Waals surface area (Å²) in [6, 6.07) is 3.08. The van der Waals surface area contributed by atoms with Gasteiger partial charge in [0.2, 0.25) is 11.8 Å². The number of carbonyl (C=O) groups excluding carboxylic acids is 2. The first kappa shape index (κ1) is 12.5. The lowest BCUT2D eigenvalue weighted by Gasteiger charge is -2.15. The van der Waals surface area contributed by atoms with Crippen LogP contribution in [0.25, 0.3) is 0 Å². The number of nitrogens with zero attached hydrogens (tertiary/aromatic N) is 1. The van der Waals surface area contributed by atoms with Crippen molar-refractivity contribution in [3.05, 3.63) is 18.4 Å². The SMILES string of the molecule is O=C(NCCCN1CCCC1=O)Nc1ccco1. The summed E-state index contributed by atoms with van der Waals surface area (Å²) in [5.41, 5.74) is 0. The van der Waals surface area contributed by atoms with Crippen molar-refractivity contribution in [2.75, 3.05) is 25.0 Å². The van der Waals surface area contributed by atoms with Gasteiger partial charge in [0.15, 0.2) is 0 Å². The van der Waals surface area contributed by atoms with Crippen LogP contribution in [-0.4, -0.2) is 36.5 Å². The highest BCUT2D eigenvalue weighted by Crippen LogP contribution is 2.09. The fourth-order valence-corrected chi connectivity index (χ4v) is 1.92. The van der Waals surface area contributed by atoms with Gasteiger partial charge in [0.05, 0.1) is 6.26 Å². The highest BCUT2D eigenvalue weighted by molar-refractivity contribution is 5.87. The van der Waals surface area contributed by atoms with Crippen LogP contribution in [0.5, 0.6) is 0 Å². The van der Waals surface area contributed by atoms with Gasteiger partial charge in [0, 0.05) is 32.1 Å².